The Bertz CT molecular complexity index is 697. The average molecular weight is 379 g/mol. The molecule has 1 aromatic rings. The van der Waals surface area contributed by atoms with Crippen LogP contribution < -0.4 is 10.9 Å². The summed E-state index contributed by atoms with van der Waals surface area (Å²) in [5.41, 5.74) is -2.32. The summed E-state index contributed by atoms with van der Waals surface area (Å²) in [6.45, 7) is 2.15. The third kappa shape index (κ3) is 6.26. The second kappa shape index (κ2) is 8.11. The minimum absolute atomic E-state index is 0.0483. The van der Waals surface area contributed by atoms with Crippen molar-refractivity contribution in [2.75, 3.05) is 5.75 Å². The van der Waals surface area contributed by atoms with Gasteiger partial charge in [0, 0.05) is 22.9 Å². The van der Waals surface area contributed by atoms with Crippen LogP contribution in [-0.2, 0) is 27.5 Å². The lowest BCUT2D eigenvalue weighted by molar-refractivity contribution is -0.141. The highest BCUT2D eigenvalue weighted by Crippen LogP contribution is 2.26. The zero-order valence-corrected chi connectivity index (χ0v) is 14.5. The maximum absolute atomic E-state index is 12.6. The van der Waals surface area contributed by atoms with E-state index in [0.717, 1.165) is 25.7 Å². The molecule has 2 rings (SSSR count). The van der Waals surface area contributed by atoms with E-state index in [9.17, 15) is 27.0 Å². The fourth-order valence-electron chi connectivity index (χ4n) is 2.75. The number of nitrogens with one attached hydrogen (secondary N) is 2. The third-order valence-electron chi connectivity index (χ3n) is 4.05. The maximum Gasteiger partial charge on any atom is 0.433 e. The molecule has 1 amide bonds. The lowest BCUT2D eigenvalue weighted by atomic mass is 9.87. The summed E-state index contributed by atoms with van der Waals surface area (Å²) in [7, 11) is -1.77. The van der Waals surface area contributed by atoms with Gasteiger partial charge in [0.25, 0.3) is 5.56 Å². The van der Waals surface area contributed by atoms with Crippen molar-refractivity contribution in [1.82, 2.24) is 15.3 Å². The zero-order valence-electron chi connectivity index (χ0n) is 13.7. The Kier molecular flexibility index (Phi) is 6.36. The molecule has 6 nitrogen and oxygen atoms in total. The number of H-pyrrole nitrogens is 1. The minimum Gasteiger partial charge on any atom is -0.353 e. The zero-order chi connectivity index (χ0) is 18.6. The number of aromatic nitrogens is 2. The van der Waals surface area contributed by atoms with E-state index in [2.05, 4.69) is 22.2 Å². The van der Waals surface area contributed by atoms with Gasteiger partial charge in [0.05, 0.1) is 5.75 Å². The van der Waals surface area contributed by atoms with Gasteiger partial charge in [-0.1, -0.05) is 6.92 Å². The molecule has 25 heavy (non-hydrogen) atoms. The lowest BCUT2D eigenvalue weighted by Gasteiger charge is -2.26. The van der Waals surface area contributed by atoms with Crippen LogP contribution in [-0.4, -0.2) is 31.9 Å². The van der Waals surface area contributed by atoms with E-state index < -0.39 is 39.9 Å². The van der Waals surface area contributed by atoms with Crippen molar-refractivity contribution in [3.05, 3.63) is 27.9 Å². The first kappa shape index (κ1) is 19.6. The number of halogens is 3. The molecule has 2 N–H and O–H groups in total. The minimum atomic E-state index is -4.76. The molecule has 1 aromatic heterocycles. The van der Waals surface area contributed by atoms with Gasteiger partial charge in [-0.15, -0.1) is 0 Å². The molecule has 1 fully saturated rings. The summed E-state index contributed by atoms with van der Waals surface area (Å²) in [6.07, 6.45) is -1.00. The summed E-state index contributed by atoms with van der Waals surface area (Å²) < 4.78 is 49.9. The van der Waals surface area contributed by atoms with E-state index in [0.29, 0.717) is 12.0 Å². The number of alkyl halides is 3. The number of amides is 1. The molecule has 0 bridgehead atoms. The lowest BCUT2D eigenvalue weighted by Crippen LogP contribution is -2.39. The second-order valence-corrected chi connectivity index (χ2v) is 7.78. The monoisotopic (exact) mass is 379 g/mol. The van der Waals surface area contributed by atoms with Gasteiger partial charge in [0.15, 0.2) is 5.69 Å². The van der Waals surface area contributed by atoms with Crippen LogP contribution in [0.15, 0.2) is 10.9 Å². The van der Waals surface area contributed by atoms with E-state index >= 15 is 0 Å². The van der Waals surface area contributed by atoms with Crippen molar-refractivity contribution >= 4 is 16.7 Å². The predicted octanol–water partition coefficient (Wildman–Crippen LogP) is 1.73. The fourth-order valence-corrected chi connectivity index (χ4v) is 3.66. The van der Waals surface area contributed by atoms with Crippen molar-refractivity contribution in [2.45, 2.75) is 50.6 Å². The molecule has 0 spiro atoms. The van der Waals surface area contributed by atoms with Crippen LogP contribution in [0.25, 0.3) is 0 Å². The van der Waals surface area contributed by atoms with Crippen molar-refractivity contribution in [3.8, 4) is 0 Å². The number of carbonyl (C=O) groups is 1. The van der Waals surface area contributed by atoms with Crippen molar-refractivity contribution in [3.63, 3.8) is 0 Å². The molecule has 0 aromatic carbocycles. The summed E-state index contributed by atoms with van der Waals surface area (Å²) in [4.78, 5) is 28.6. The van der Waals surface area contributed by atoms with Crippen molar-refractivity contribution in [1.29, 1.82) is 0 Å². The second-order valence-electron chi connectivity index (χ2n) is 6.33. The van der Waals surface area contributed by atoms with Crippen LogP contribution in [0, 0.1) is 5.92 Å². The van der Waals surface area contributed by atoms with E-state index in [1.807, 2.05) is 0 Å². The summed E-state index contributed by atoms with van der Waals surface area (Å²) in [5.74, 6) is -0.893. The average Bonchev–Trinajstić information content (AvgIpc) is 2.47. The standard InChI is InChI=1S/C15H20F3N3O3S/c1-9-2-4-10(5-3-9)19-14(23)8-25(24)7-12-20-11(15(16,17)18)6-13(22)21-12/h6,9-10H,2-5,7-8H2,1H3,(H,19,23)(H,20,21,22). The highest BCUT2D eigenvalue weighted by Gasteiger charge is 2.33. The molecular formula is C15H20F3N3O3S. The van der Waals surface area contributed by atoms with Crippen molar-refractivity contribution < 1.29 is 22.2 Å². The highest BCUT2D eigenvalue weighted by molar-refractivity contribution is 7.84. The molecule has 140 valence electrons. The van der Waals surface area contributed by atoms with E-state index in [-0.39, 0.29) is 17.6 Å². The van der Waals surface area contributed by atoms with E-state index in [4.69, 9.17) is 0 Å². The first-order valence-electron chi connectivity index (χ1n) is 7.95. The van der Waals surface area contributed by atoms with Crippen molar-refractivity contribution in [2.24, 2.45) is 5.92 Å². The topological polar surface area (TPSA) is 91.9 Å². The summed E-state index contributed by atoms with van der Waals surface area (Å²) in [5, 5.41) is 2.80. The van der Waals surface area contributed by atoms with Gasteiger partial charge in [-0.3, -0.25) is 13.8 Å². The molecule has 1 aliphatic carbocycles. The molecule has 1 heterocycles. The number of hydrogen-bond donors (Lipinski definition) is 2. The van der Waals surface area contributed by atoms with Crippen LogP contribution in [0.1, 0.15) is 44.1 Å². The number of nitrogens with zero attached hydrogens (tertiary/aromatic N) is 1. The number of carbonyl (C=O) groups excluding carboxylic acids is 1. The van der Waals surface area contributed by atoms with Gasteiger partial charge in [-0.25, -0.2) is 4.98 Å². The van der Waals surface area contributed by atoms with Crippen LogP contribution in [0.3, 0.4) is 0 Å². The van der Waals surface area contributed by atoms with Gasteiger partial charge in [0.1, 0.15) is 11.6 Å². The molecule has 1 saturated carbocycles. The first-order valence-corrected chi connectivity index (χ1v) is 9.44. The molecular weight excluding hydrogens is 359 g/mol. The molecule has 1 unspecified atom stereocenters. The number of aromatic amines is 1. The summed E-state index contributed by atoms with van der Waals surface area (Å²) in [6, 6.07) is 0.385. The summed E-state index contributed by atoms with van der Waals surface area (Å²) >= 11 is 0. The first-order chi connectivity index (χ1) is 11.6. The maximum atomic E-state index is 12.6. The van der Waals surface area contributed by atoms with Gasteiger partial charge in [0.2, 0.25) is 5.91 Å². The fraction of sp³-hybridized carbons (Fsp3) is 0.667. The molecule has 1 aliphatic rings. The van der Waals surface area contributed by atoms with Crippen LogP contribution in [0.5, 0.6) is 0 Å². The Morgan fingerprint density at radius 2 is 2.00 bits per heavy atom. The highest BCUT2D eigenvalue weighted by atomic mass is 32.2. The number of rotatable bonds is 5. The normalized spacial score (nSPS) is 22.4. The van der Waals surface area contributed by atoms with E-state index in [1.54, 1.807) is 0 Å². The smallest absolute Gasteiger partial charge is 0.353 e. The third-order valence-corrected chi connectivity index (χ3v) is 5.23. The Hall–Kier alpha value is -1.71. The van der Waals surface area contributed by atoms with Gasteiger partial charge in [-0.05, 0) is 31.6 Å². The van der Waals surface area contributed by atoms with E-state index in [1.165, 1.54) is 0 Å². The van der Waals surface area contributed by atoms with Gasteiger partial charge in [-0.2, -0.15) is 13.2 Å². The molecule has 0 radical (unpaired) electrons. The van der Waals surface area contributed by atoms with Crippen LogP contribution >= 0.6 is 0 Å². The van der Waals surface area contributed by atoms with Gasteiger partial charge < -0.3 is 10.3 Å². The SMILES string of the molecule is CC1CCC(NC(=O)CS(=O)Cc2nc(C(F)(F)F)cc(=O)[nH]2)CC1. The number of hydrogen-bond acceptors (Lipinski definition) is 4. The molecule has 10 heteroatoms. The van der Waals surface area contributed by atoms with Gasteiger partial charge >= 0.3 is 6.18 Å². The molecule has 0 saturated heterocycles. The Morgan fingerprint density at radius 1 is 1.36 bits per heavy atom. The quantitative estimate of drug-likeness (QED) is 0.815. The Labute approximate surface area is 145 Å². The molecule has 1 atom stereocenters. The Morgan fingerprint density at radius 3 is 2.60 bits per heavy atom. The predicted molar refractivity (Wildman–Crippen MR) is 86.1 cm³/mol. The van der Waals surface area contributed by atoms with Crippen LogP contribution in [0.2, 0.25) is 0 Å². The largest absolute Gasteiger partial charge is 0.433 e. The van der Waals surface area contributed by atoms with Crippen LogP contribution in [0.4, 0.5) is 13.2 Å². The molecule has 0 aliphatic heterocycles. The Balaban J connectivity index is 1.90.